The van der Waals surface area contributed by atoms with E-state index in [1.807, 2.05) is 12.1 Å². The molecule has 0 atom stereocenters. The summed E-state index contributed by atoms with van der Waals surface area (Å²) in [6.45, 7) is 6.63. The van der Waals surface area contributed by atoms with Crippen molar-refractivity contribution in [3.05, 3.63) is 29.8 Å². The molecule has 1 aliphatic carbocycles. The van der Waals surface area contributed by atoms with Crippen LogP contribution >= 0.6 is 0 Å². The third-order valence-electron chi connectivity index (χ3n) is 4.14. The molecule has 0 aliphatic heterocycles. The first-order chi connectivity index (χ1) is 9.01. The molecule has 19 heavy (non-hydrogen) atoms. The Kier molecular flexibility index (Phi) is 4.48. The highest BCUT2D eigenvalue weighted by atomic mass is 16.5. The van der Waals surface area contributed by atoms with E-state index >= 15 is 0 Å². The van der Waals surface area contributed by atoms with Gasteiger partial charge in [-0.3, -0.25) is 0 Å². The van der Waals surface area contributed by atoms with Gasteiger partial charge in [-0.15, -0.1) is 0 Å². The van der Waals surface area contributed by atoms with Gasteiger partial charge in [-0.05, 0) is 43.0 Å². The standard InChI is InChI=1S/C16H26N2O/c1-16(2,11-18-10-12-8-14(17)9-12)13-4-6-15(19-3)7-5-13/h4-7,12,14,18H,8-11,17H2,1-3H3. The quantitative estimate of drug-likeness (QED) is 0.827. The van der Waals surface area contributed by atoms with E-state index in [-0.39, 0.29) is 5.41 Å². The highest BCUT2D eigenvalue weighted by Crippen LogP contribution is 2.26. The van der Waals surface area contributed by atoms with Crippen LogP contribution in [0.25, 0.3) is 0 Å². The zero-order valence-corrected chi connectivity index (χ0v) is 12.3. The van der Waals surface area contributed by atoms with Crippen molar-refractivity contribution in [3.8, 4) is 5.75 Å². The molecule has 3 N–H and O–H groups in total. The SMILES string of the molecule is COc1ccc(C(C)(C)CNCC2CC(N)C2)cc1. The third kappa shape index (κ3) is 3.71. The van der Waals surface area contributed by atoms with Gasteiger partial charge < -0.3 is 15.8 Å². The monoisotopic (exact) mass is 262 g/mol. The molecule has 3 heteroatoms. The topological polar surface area (TPSA) is 47.3 Å². The fourth-order valence-corrected chi connectivity index (χ4v) is 2.69. The van der Waals surface area contributed by atoms with Crippen LogP contribution < -0.4 is 15.8 Å². The van der Waals surface area contributed by atoms with Gasteiger partial charge >= 0.3 is 0 Å². The number of benzene rings is 1. The first-order valence-electron chi connectivity index (χ1n) is 7.12. The lowest BCUT2D eigenvalue weighted by Crippen LogP contribution is -2.43. The molecule has 106 valence electrons. The second kappa shape index (κ2) is 5.93. The molecule has 0 radical (unpaired) electrons. The molecule has 0 saturated heterocycles. The summed E-state index contributed by atoms with van der Waals surface area (Å²) in [6, 6.07) is 8.81. The van der Waals surface area contributed by atoms with Gasteiger partial charge in [0.05, 0.1) is 7.11 Å². The minimum Gasteiger partial charge on any atom is -0.497 e. The van der Waals surface area contributed by atoms with Crippen molar-refractivity contribution in [2.75, 3.05) is 20.2 Å². The lowest BCUT2D eigenvalue weighted by atomic mass is 9.80. The lowest BCUT2D eigenvalue weighted by Gasteiger charge is -2.34. The molecule has 1 saturated carbocycles. The molecule has 1 fully saturated rings. The van der Waals surface area contributed by atoms with Crippen molar-refractivity contribution in [3.63, 3.8) is 0 Å². The van der Waals surface area contributed by atoms with Crippen LogP contribution in [0.3, 0.4) is 0 Å². The Labute approximate surface area is 116 Å². The Balaban J connectivity index is 1.82. The van der Waals surface area contributed by atoms with Crippen LogP contribution in [0.15, 0.2) is 24.3 Å². The Hall–Kier alpha value is -1.06. The molecule has 1 aliphatic rings. The van der Waals surface area contributed by atoms with Gasteiger partial charge in [-0.25, -0.2) is 0 Å². The van der Waals surface area contributed by atoms with Gasteiger partial charge in [0.2, 0.25) is 0 Å². The van der Waals surface area contributed by atoms with Crippen molar-refractivity contribution in [1.29, 1.82) is 0 Å². The van der Waals surface area contributed by atoms with Gasteiger partial charge in [0.25, 0.3) is 0 Å². The molecule has 0 unspecified atom stereocenters. The van der Waals surface area contributed by atoms with E-state index in [2.05, 4.69) is 31.3 Å². The van der Waals surface area contributed by atoms with Crippen molar-refractivity contribution < 1.29 is 4.74 Å². The molecule has 0 spiro atoms. The van der Waals surface area contributed by atoms with Crippen LogP contribution in [0.4, 0.5) is 0 Å². The zero-order valence-electron chi connectivity index (χ0n) is 12.3. The molecule has 1 aromatic carbocycles. The first-order valence-corrected chi connectivity index (χ1v) is 7.12. The Morgan fingerprint density at radius 2 is 1.89 bits per heavy atom. The number of ether oxygens (including phenoxy) is 1. The highest BCUT2D eigenvalue weighted by molar-refractivity contribution is 5.31. The number of nitrogens with one attached hydrogen (secondary N) is 1. The highest BCUT2D eigenvalue weighted by Gasteiger charge is 2.26. The normalized spacial score (nSPS) is 22.9. The molecule has 0 bridgehead atoms. The fourth-order valence-electron chi connectivity index (χ4n) is 2.69. The summed E-state index contributed by atoms with van der Waals surface area (Å²) < 4.78 is 5.20. The van der Waals surface area contributed by atoms with Gasteiger partial charge in [-0.1, -0.05) is 26.0 Å². The van der Waals surface area contributed by atoms with Crippen molar-refractivity contribution in [2.24, 2.45) is 11.7 Å². The van der Waals surface area contributed by atoms with E-state index in [9.17, 15) is 0 Å². The van der Waals surface area contributed by atoms with Crippen LogP contribution in [0.5, 0.6) is 5.75 Å². The number of hydrogen-bond donors (Lipinski definition) is 2. The Bertz CT molecular complexity index is 394. The van der Waals surface area contributed by atoms with Crippen LogP contribution in [-0.2, 0) is 5.41 Å². The van der Waals surface area contributed by atoms with E-state index in [1.165, 1.54) is 18.4 Å². The van der Waals surface area contributed by atoms with Gasteiger partial charge in [0, 0.05) is 18.0 Å². The predicted octanol–water partition coefficient (Wildman–Crippen LogP) is 2.30. The summed E-state index contributed by atoms with van der Waals surface area (Å²) in [4.78, 5) is 0. The molecule has 3 nitrogen and oxygen atoms in total. The zero-order chi connectivity index (χ0) is 13.9. The molecular weight excluding hydrogens is 236 g/mol. The minimum absolute atomic E-state index is 0.137. The average Bonchev–Trinajstić information content (AvgIpc) is 2.36. The maximum absolute atomic E-state index is 5.81. The molecule has 0 aromatic heterocycles. The Morgan fingerprint density at radius 3 is 2.42 bits per heavy atom. The maximum atomic E-state index is 5.81. The molecule has 0 amide bonds. The largest absolute Gasteiger partial charge is 0.497 e. The van der Waals surface area contributed by atoms with Crippen molar-refractivity contribution >= 4 is 0 Å². The fraction of sp³-hybridized carbons (Fsp3) is 0.625. The molecule has 2 rings (SSSR count). The van der Waals surface area contributed by atoms with Crippen LogP contribution in [0.2, 0.25) is 0 Å². The van der Waals surface area contributed by atoms with Crippen LogP contribution in [0.1, 0.15) is 32.3 Å². The molecule has 1 aromatic rings. The van der Waals surface area contributed by atoms with Gasteiger partial charge in [0.1, 0.15) is 5.75 Å². The van der Waals surface area contributed by atoms with E-state index in [0.29, 0.717) is 6.04 Å². The summed E-state index contributed by atoms with van der Waals surface area (Å²) >= 11 is 0. The van der Waals surface area contributed by atoms with Crippen molar-refractivity contribution in [2.45, 2.75) is 38.1 Å². The lowest BCUT2D eigenvalue weighted by molar-refractivity contribution is 0.251. The first kappa shape index (κ1) is 14.4. The minimum atomic E-state index is 0.137. The summed E-state index contributed by atoms with van der Waals surface area (Å²) in [5, 5.41) is 3.59. The van der Waals surface area contributed by atoms with E-state index in [1.54, 1.807) is 7.11 Å². The number of methoxy groups -OCH3 is 1. The van der Waals surface area contributed by atoms with E-state index in [0.717, 1.165) is 24.8 Å². The summed E-state index contributed by atoms with van der Waals surface area (Å²) in [5.74, 6) is 1.69. The summed E-state index contributed by atoms with van der Waals surface area (Å²) in [6.07, 6.45) is 2.35. The average molecular weight is 262 g/mol. The maximum Gasteiger partial charge on any atom is 0.118 e. The summed E-state index contributed by atoms with van der Waals surface area (Å²) in [7, 11) is 1.70. The van der Waals surface area contributed by atoms with Gasteiger partial charge in [-0.2, -0.15) is 0 Å². The Morgan fingerprint density at radius 1 is 1.26 bits per heavy atom. The second-order valence-corrected chi connectivity index (χ2v) is 6.34. The van der Waals surface area contributed by atoms with E-state index < -0.39 is 0 Å². The van der Waals surface area contributed by atoms with Crippen molar-refractivity contribution in [1.82, 2.24) is 5.32 Å². The third-order valence-corrected chi connectivity index (χ3v) is 4.14. The summed E-state index contributed by atoms with van der Waals surface area (Å²) in [5.41, 5.74) is 7.28. The van der Waals surface area contributed by atoms with E-state index in [4.69, 9.17) is 10.5 Å². The van der Waals surface area contributed by atoms with Gasteiger partial charge in [0.15, 0.2) is 0 Å². The molecule has 0 heterocycles. The number of rotatable bonds is 6. The predicted molar refractivity (Wildman–Crippen MR) is 79.6 cm³/mol. The number of hydrogen-bond acceptors (Lipinski definition) is 3. The second-order valence-electron chi connectivity index (χ2n) is 6.34. The number of nitrogens with two attached hydrogens (primary N) is 1. The van der Waals surface area contributed by atoms with Crippen LogP contribution in [-0.4, -0.2) is 26.2 Å². The molecular formula is C16H26N2O. The van der Waals surface area contributed by atoms with Crippen LogP contribution in [0, 0.1) is 5.92 Å². The smallest absolute Gasteiger partial charge is 0.118 e.